The molecule has 118 valence electrons. The molecule has 0 heterocycles. The van der Waals surface area contributed by atoms with Gasteiger partial charge in [-0.2, -0.15) is 0 Å². The van der Waals surface area contributed by atoms with Gasteiger partial charge in [0.05, 0.1) is 0 Å². The highest BCUT2D eigenvalue weighted by Gasteiger charge is 2.16. The molecule has 0 bridgehead atoms. The topological polar surface area (TPSA) is 0 Å². The van der Waals surface area contributed by atoms with Crippen molar-refractivity contribution in [3.8, 4) is 0 Å². The molecule has 0 N–H and O–H groups in total. The molecule has 2 aromatic rings. The van der Waals surface area contributed by atoms with Gasteiger partial charge in [0, 0.05) is 0 Å². The van der Waals surface area contributed by atoms with Crippen LogP contribution >= 0.6 is 0 Å². The van der Waals surface area contributed by atoms with Crippen molar-refractivity contribution in [1.29, 1.82) is 0 Å². The third-order valence-corrected chi connectivity index (χ3v) is 5.05. The molecule has 0 fully saturated rings. The van der Waals surface area contributed by atoms with Crippen molar-refractivity contribution in [2.24, 2.45) is 11.8 Å². The van der Waals surface area contributed by atoms with Gasteiger partial charge in [-0.3, -0.25) is 0 Å². The van der Waals surface area contributed by atoms with E-state index in [1.54, 1.807) is 0 Å². The zero-order chi connectivity index (χ0) is 15.9. The molecule has 2 unspecified atom stereocenters. The Morgan fingerprint density at radius 1 is 0.591 bits per heavy atom. The summed E-state index contributed by atoms with van der Waals surface area (Å²) in [5, 5.41) is 0. The van der Waals surface area contributed by atoms with E-state index in [1.807, 2.05) is 0 Å². The van der Waals surface area contributed by atoms with Gasteiger partial charge in [0.25, 0.3) is 0 Å². The molecule has 2 rings (SSSR count). The summed E-state index contributed by atoms with van der Waals surface area (Å²) in [7, 11) is 0. The predicted molar refractivity (Wildman–Crippen MR) is 97.4 cm³/mol. The Morgan fingerprint density at radius 2 is 0.909 bits per heavy atom. The second-order valence-electron chi connectivity index (χ2n) is 6.61. The zero-order valence-electron chi connectivity index (χ0n) is 14.6. The summed E-state index contributed by atoms with van der Waals surface area (Å²) in [6.45, 7) is 9.33. The van der Waals surface area contributed by atoms with Gasteiger partial charge in [-0.1, -0.05) is 76.2 Å². The standard InChI is InChI=1S/C22H30/c1-5-19-11-7-9-13-21(19)15-17(3)18(4)16-22-14-10-8-12-20(22)6-2/h7-14,17-18H,5-6,15-16H2,1-4H3. The van der Waals surface area contributed by atoms with Crippen molar-refractivity contribution in [2.45, 2.75) is 53.4 Å². The van der Waals surface area contributed by atoms with Crippen molar-refractivity contribution in [1.82, 2.24) is 0 Å². The second-order valence-corrected chi connectivity index (χ2v) is 6.61. The number of benzene rings is 2. The molecule has 0 amide bonds. The van der Waals surface area contributed by atoms with E-state index in [1.165, 1.54) is 35.1 Å². The van der Waals surface area contributed by atoms with Crippen LogP contribution in [-0.2, 0) is 25.7 Å². The largest absolute Gasteiger partial charge is 0.0620 e. The Balaban J connectivity index is 2.04. The van der Waals surface area contributed by atoms with Crippen LogP contribution in [0, 0.1) is 11.8 Å². The van der Waals surface area contributed by atoms with E-state index < -0.39 is 0 Å². The first-order chi connectivity index (χ1) is 10.7. The lowest BCUT2D eigenvalue weighted by Crippen LogP contribution is -2.15. The summed E-state index contributed by atoms with van der Waals surface area (Å²) >= 11 is 0. The van der Waals surface area contributed by atoms with E-state index in [2.05, 4.69) is 76.2 Å². The molecule has 0 aliphatic carbocycles. The average molecular weight is 294 g/mol. The third-order valence-electron chi connectivity index (χ3n) is 5.05. The van der Waals surface area contributed by atoms with E-state index in [0.29, 0.717) is 11.8 Å². The molecule has 0 radical (unpaired) electrons. The Hall–Kier alpha value is -1.56. The van der Waals surface area contributed by atoms with Crippen LogP contribution in [-0.4, -0.2) is 0 Å². The maximum Gasteiger partial charge on any atom is -0.0248 e. The third kappa shape index (κ3) is 4.22. The molecule has 0 aliphatic heterocycles. The zero-order valence-corrected chi connectivity index (χ0v) is 14.6. The molecule has 0 saturated heterocycles. The second kappa shape index (κ2) is 8.17. The summed E-state index contributed by atoms with van der Waals surface area (Å²) in [5.74, 6) is 1.41. The number of aryl methyl sites for hydroxylation is 2. The first-order valence-corrected chi connectivity index (χ1v) is 8.79. The summed E-state index contributed by atoms with van der Waals surface area (Å²) < 4.78 is 0. The average Bonchev–Trinajstić information content (AvgIpc) is 2.55. The summed E-state index contributed by atoms with van der Waals surface area (Å²) in [6, 6.07) is 17.8. The fourth-order valence-electron chi connectivity index (χ4n) is 3.30. The predicted octanol–water partition coefficient (Wildman–Crippen LogP) is 5.87. The van der Waals surface area contributed by atoms with Gasteiger partial charge in [-0.15, -0.1) is 0 Å². The molecule has 0 saturated carbocycles. The van der Waals surface area contributed by atoms with Gasteiger partial charge in [0.15, 0.2) is 0 Å². The lowest BCUT2D eigenvalue weighted by atomic mass is 9.83. The van der Waals surface area contributed by atoms with Crippen molar-refractivity contribution in [3.05, 3.63) is 70.8 Å². The Morgan fingerprint density at radius 3 is 1.23 bits per heavy atom. The molecule has 2 aromatic carbocycles. The molecule has 0 nitrogen and oxygen atoms in total. The van der Waals surface area contributed by atoms with E-state index in [4.69, 9.17) is 0 Å². The minimum Gasteiger partial charge on any atom is -0.0620 e. The van der Waals surface area contributed by atoms with Crippen LogP contribution < -0.4 is 0 Å². The summed E-state index contributed by atoms with van der Waals surface area (Å²) in [6.07, 6.45) is 4.66. The molecule has 22 heavy (non-hydrogen) atoms. The number of rotatable bonds is 7. The summed E-state index contributed by atoms with van der Waals surface area (Å²) in [4.78, 5) is 0. The van der Waals surface area contributed by atoms with Crippen LogP contribution in [0.15, 0.2) is 48.5 Å². The minimum atomic E-state index is 0.706. The maximum atomic E-state index is 2.41. The van der Waals surface area contributed by atoms with Crippen LogP contribution in [0.1, 0.15) is 49.9 Å². The SMILES string of the molecule is CCc1ccccc1CC(C)C(C)Cc1ccccc1CC. The van der Waals surface area contributed by atoms with Crippen molar-refractivity contribution in [3.63, 3.8) is 0 Å². The van der Waals surface area contributed by atoms with Gasteiger partial charge in [-0.05, 0) is 59.8 Å². The van der Waals surface area contributed by atoms with Crippen LogP contribution in [0.3, 0.4) is 0 Å². The highest BCUT2D eigenvalue weighted by molar-refractivity contribution is 5.29. The fraction of sp³-hybridized carbons (Fsp3) is 0.455. The van der Waals surface area contributed by atoms with Crippen LogP contribution in [0.2, 0.25) is 0 Å². The molecule has 0 aliphatic rings. The van der Waals surface area contributed by atoms with Crippen molar-refractivity contribution in [2.75, 3.05) is 0 Å². The number of hydrogen-bond donors (Lipinski definition) is 0. The van der Waals surface area contributed by atoms with E-state index in [9.17, 15) is 0 Å². The van der Waals surface area contributed by atoms with Crippen LogP contribution in [0.25, 0.3) is 0 Å². The Bertz CT molecular complexity index is 529. The maximum absolute atomic E-state index is 2.41. The van der Waals surface area contributed by atoms with Crippen LogP contribution in [0.4, 0.5) is 0 Å². The fourth-order valence-corrected chi connectivity index (χ4v) is 3.30. The van der Waals surface area contributed by atoms with Crippen molar-refractivity contribution >= 4 is 0 Å². The lowest BCUT2D eigenvalue weighted by molar-refractivity contribution is 0.382. The van der Waals surface area contributed by atoms with Gasteiger partial charge in [-0.25, -0.2) is 0 Å². The first-order valence-electron chi connectivity index (χ1n) is 8.79. The normalized spacial score (nSPS) is 13.8. The van der Waals surface area contributed by atoms with Crippen molar-refractivity contribution < 1.29 is 0 Å². The highest BCUT2D eigenvalue weighted by Crippen LogP contribution is 2.24. The molecular weight excluding hydrogens is 264 g/mol. The quantitative estimate of drug-likeness (QED) is 0.599. The van der Waals surface area contributed by atoms with E-state index >= 15 is 0 Å². The highest BCUT2D eigenvalue weighted by atomic mass is 14.2. The van der Waals surface area contributed by atoms with Gasteiger partial charge in [0.2, 0.25) is 0 Å². The van der Waals surface area contributed by atoms with Gasteiger partial charge < -0.3 is 0 Å². The lowest BCUT2D eigenvalue weighted by Gasteiger charge is -2.22. The smallest absolute Gasteiger partial charge is 0.0248 e. The molecule has 0 heteroatoms. The molecule has 0 spiro atoms. The van der Waals surface area contributed by atoms with E-state index in [0.717, 1.165) is 12.8 Å². The van der Waals surface area contributed by atoms with E-state index in [-0.39, 0.29) is 0 Å². The van der Waals surface area contributed by atoms with Crippen LogP contribution in [0.5, 0.6) is 0 Å². The van der Waals surface area contributed by atoms with Gasteiger partial charge >= 0.3 is 0 Å². The summed E-state index contributed by atoms with van der Waals surface area (Å²) in [5.41, 5.74) is 6.09. The minimum absolute atomic E-state index is 0.706. The first kappa shape index (κ1) is 16.8. The monoisotopic (exact) mass is 294 g/mol. The Kier molecular flexibility index (Phi) is 6.24. The Labute approximate surface area is 136 Å². The molecular formula is C22H30. The molecule has 2 atom stereocenters. The number of hydrogen-bond acceptors (Lipinski definition) is 0. The molecule has 0 aromatic heterocycles. The van der Waals surface area contributed by atoms with Gasteiger partial charge in [0.1, 0.15) is 0 Å².